The molecule has 44 valence electrons. The SMILES string of the molecule is CC1N=CC(=O)N1C. The Morgan fingerprint density at radius 1 is 1.88 bits per heavy atom. The minimum Gasteiger partial charge on any atom is -0.319 e. The van der Waals surface area contributed by atoms with Gasteiger partial charge in [-0.25, -0.2) is 0 Å². The molecule has 0 aromatic rings. The highest BCUT2D eigenvalue weighted by Gasteiger charge is 2.17. The smallest absolute Gasteiger partial charge is 0.266 e. The summed E-state index contributed by atoms with van der Waals surface area (Å²) in [6.07, 6.45) is 1.40. The Morgan fingerprint density at radius 2 is 2.50 bits per heavy atom. The van der Waals surface area contributed by atoms with E-state index in [1.54, 1.807) is 11.9 Å². The van der Waals surface area contributed by atoms with E-state index in [1.165, 1.54) is 6.21 Å². The molecule has 3 nitrogen and oxygen atoms in total. The standard InChI is InChI=1S/C5H8N2O/c1-4-6-3-5(8)7(4)2/h3-4H,1-2H3. The Kier molecular flexibility index (Phi) is 1.04. The van der Waals surface area contributed by atoms with E-state index in [4.69, 9.17) is 0 Å². The first-order valence-electron chi connectivity index (χ1n) is 2.52. The molecule has 0 saturated heterocycles. The fourth-order valence-electron chi connectivity index (χ4n) is 0.547. The molecule has 1 rings (SSSR count). The maximum Gasteiger partial charge on any atom is 0.266 e. The minimum absolute atomic E-state index is 0.00231. The van der Waals surface area contributed by atoms with Crippen molar-refractivity contribution >= 4 is 12.1 Å². The number of hydrogen-bond acceptors (Lipinski definition) is 2. The summed E-state index contributed by atoms with van der Waals surface area (Å²) < 4.78 is 0. The summed E-state index contributed by atoms with van der Waals surface area (Å²) in [4.78, 5) is 16.0. The highest BCUT2D eigenvalue weighted by atomic mass is 16.2. The Hall–Kier alpha value is -0.860. The molecule has 1 heterocycles. The van der Waals surface area contributed by atoms with Crippen molar-refractivity contribution in [2.24, 2.45) is 4.99 Å². The lowest BCUT2D eigenvalue weighted by molar-refractivity contribution is -0.122. The molecule has 0 spiro atoms. The van der Waals surface area contributed by atoms with Crippen molar-refractivity contribution in [2.45, 2.75) is 13.1 Å². The van der Waals surface area contributed by atoms with Crippen molar-refractivity contribution in [2.75, 3.05) is 7.05 Å². The summed E-state index contributed by atoms with van der Waals surface area (Å²) in [6.45, 7) is 1.88. The predicted octanol–water partition coefficient (Wildman–Crippen LogP) is -0.125. The first-order valence-corrected chi connectivity index (χ1v) is 2.52. The van der Waals surface area contributed by atoms with E-state index in [-0.39, 0.29) is 12.1 Å². The van der Waals surface area contributed by atoms with E-state index in [0.29, 0.717) is 0 Å². The van der Waals surface area contributed by atoms with E-state index in [9.17, 15) is 4.79 Å². The van der Waals surface area contributed by atoms with E-state index in [0.717, 1.165) is 0 Å². The van der Waals surface area contributed by atoms with Crippen LogP contribution in [-0.2, 0) is 4.79 Å². The van der Waals surface area contributed by atoms with Gasteiger partial charge in [0.05, 0.1) is 6.21 Å². The topological polar surface area (TPSA) is 32.7 Å². The van der Waals surface area contributed by atoms with E-state index >= 15 is 0 Å². The molecule has 0 aromatic carbocycles. The second kappa shape index (κ2) is 1.58. The molecule has 0 fully saturated rings. The minimum atomic E-state index is -0.00231. The van der Waals surface area contributed by atoms with Gasteiger partial charge >= 0.3 is 0 Å². The van der Waals surface area contributed by atoms with Gasteiger partial charge in [0.15, 0.2) is 0 Å². The zero-order chi connectivity index (χ0) is 6.15. The molecule has 1 aliphatic heterocycles. The number of hydrogen-bond donors (Lipinski definition) is 0. The van der Waals surface area contributed by atoms with Crippen LogP contribution in [0.3, 0.4) is 0 Å². The zero-order valence-electron chi connectivity index (χ0n) is 4.96. The number of amides is 1. The van der Waals surface area contributed by atoms with Crippen LogP contribution in [0.25, 0.3) is 0 Å². The van der Waals surface area contributed by atoms with Gasteiger partial charge in [-0.05, 0) is 6.92 Å². The average Bonchev–Trinajstić information content (AvgIpc) is 1.98. The molecule has 0 saturated carbocycles. The second-order valence-corrected chi connectivity index (χ2v) is 1.86. The van der Waals surface area contributed by atoms with Crippen molar-refractivity contribution in [3.05, 3.63) is 0 Å². The monoisotopic (exact) mass is 112 g/mol. The summed E-state index contributed by atoms with van der Waals surface area (Å²) in [5.41, 5.74) is 0. The zero-order valence-corrected chi connectivity index (χ0v) is 4.96. The van der Waals surface area contributed by atoms with Crippen LogP contribution < -0.4 is 0 Å². The van der Waals surface area contributed by atoms with Gasteiger partial charge in [0, 0.05) is 7.05 Å². The lowest BCUT2D eigenvalue weighted by atomic mass is 10.5. The molecule has 1 atom stereocenters. The molecule has 3 heteroatoms. The van der Waals surface area contributed by atoms with Gasteiger partial charge in [-0.15, -0.1) is 0 Å². The third kappa shape index (κ3) is 0.598. The summed E-state index contributed by atoms with van der Waals surface area (Å²) in [7, 11) is 1.74. The predicted molar refractivity (Wildman–Crippen MR) is 30.7 cm³/mol. The highest BCUT2D eigenvalue weighted by molar-refractivity contribution is 6.27. The fraction of sp³-hybridized carbons (Fsp3) is 0.600. The van der Waals surface area contributed by atoms with E-state index in [2.05, 4.69) is 4.99 Å². The number of aliphatic imine (C=N–C) groups is 1. The molecule has 0 aromatic heterocycles. The molecular weight excluding hydrogens is 104 g/mol. The molecule has 0 N–H and O–H groups in total. The quantitative estimate of drug-likeness (QED) is 0.430. The largest absolute Gasteiger partial charge is 0.319 e. The fourth-order valence-corrected chi connectivity index (χ4v) is 0.547. The molecule has 1 amide bonds. The summed E-state index contributed by atoms with van der Waals surface area (Å²) in [5.74, 6) is -0.00231. The van der Waals surface area contributed by atoms with Gasteiger partial charge in [0.1, 0.15) is 6.17 Å². The van der Waals surface area contributed by atoms with Crippen molar-refractivity contribution in [3.63, 3.8) is 0 Å². The van der Waals surface area contributed by atoms with Gasteiger partial charge in [-0.3, -0.25) is 9.79 Å². The Labute approximate surface area is 48.0 Å². The third-order valence-corrected chi connectivity index (χ3v) is 1.31. The molecule has 1 aliphatic rings. The molecule has 0 aliphatic carbocycles. The third-order valence-electron chi connectivity index (χ3n) is 1.31. The maximum absolute atomic E-state index is 10.6. The highest BCUT2D eigenvalue weighted by Crippen LogP contribution is 2.01. The normalized spacial score (nSPS) is 27.5. The molecule has 1 unspecified atom stereocenters. The summed E-state index contributed by atoms with van der Waals surface area (Å²) in [6, 6.07) is 0. The second-order valence-electron chi connectivity index (χ2n) is 1.86. The van der Waals surface area contributed by atoms with E-state index < -0.39 is 0 Å². The van der Waals surface area contributed by atoms with Crippen LogP contribution in [0.1, 0.15) is 6.92 Å². The lowest BCUT2D eigenvalue weighted by Crippen LogP contribution is -2.27. The first-order chi connectivity index (χ1) is 3.72. The summed E-state index contributed by atoms with van der Waals surface area (Å²) >= 11 is 0. The van der Waals surface area contributed by atoms with Crippen LogP contribution in [0, 0.1) is 0 Å². The van der Waals surface area contributed by atoms with Crippen LogP contribution in [-0.4, -0.2) is 30.2 Å². The van der Waals surface area contributed by atoms with Crippen LogP contribution in [0.4, 0.5) is 0 Å². The van der Waals surface area contributed by atoms with Gasteiger partial charge in [-0.1, -0.05) is 0 Å². The number of nitrogens with zero attached hydrogens (tertiary/aromatic N) is 2. The van der Waals surface area contributed by atoms with Crippen LogP contribution in [0.2, 0.25) is 0 Å². The van der Waals surface area contributed by atoms with Gasteiger partial charge in [0.2, 0.25) is 0 Å². The maximum atomic E-state index is 10.6. The first kappa shape index (κ1) is 5.28. The van der Waals surface area contributed by atoms with Gasteiger partial charge < -0.3 is 4.90 Å². The van der Waals surface area contributed by atoms with Crippen molar-refractivity contribution in [3.8, 4) is 0 Å². The van der Waals surface area contributed by atoms with Crippen LogP contribution in [0.15, 0.2) is 4.99 Å². The van der Waals surface area contributed by atoms with Crippen molar-refractivity contribution < 1.29 is 4.79 Å². The summed E-state index contributed by atoms with van der Waals surface area (Å²) in [5, 5.41) is 0. The van der Waals surface area contributed by atoms with Gasteiger partial charge in [0.25, 0.3) is 5.91 Å². The van der Waals surface area contributed by atoms with Crippen molar-refractivity contribution in [1.82, 2.24) is 4.90 Å². The Balaban J connectivity index is 2.69. The molecule has 8 heavy (non-hydrogen) atoms. The number of rotatable bonds is 0. The number of carbonyl (C=O) groups is 1. The van der Waals surface area contributed by atoms with Crippen LogP contribution in [0.5, 0.6) is 0 Å². The van der Waals surface area contributed by atoms with Gasteiger partial charge in [-0.2, -0.15) is 0 Å². The Bertz CT molecular complexity index is 141. The average molecular weight is 112 g/mol. The molecule has 0 bridgehead atoms. The van der Waals surface area contributed by atoms with E-state index in [1.807, 2.05) is 6.92 Å². The van der Waals surface area contributed by atoms with Crippen molar-refractivity contribution in [1.29, 1.82) is 0 Å². The molecule has 0 radical (unpaired) electrons. The Morgan fingerprint density at radius 3 is 2.62 bits per heavy atom. The molecular formula is C5H8N2O. The van der Waals surface area contributed by atoms with Crippen LogP contribution >= 0.6 is 0 Å². The lowest BCUT2D eigenvalue weighted by Gasteiger charge is -2.11. The number of carbonyl (C=O) groups excluding carboxylic acids is 1.